The molecule has 0 N–H and O–H groups in total. The summed E-state index contributed by atoms with van der Waals surface area (Å²) in [5.41, 5.74) is -1.91. The van der Waals surface area contributed by atoms with Crippen molar-refractivity contribution in [3.8, 4) is 0 Å². The topological polar surface area (TPSA) is 78.9 Å². The molecule has 4 rings (SSSR count). The van der Waals surface area contributed by atoms with Gasteiger partial charge in [-0.05, 0) is 19.4 Å². The molecule has 1 spiro atoms. The van der Waals surface area contributed by atoms with Gasteiger partial charge in [-0.1, -0.05) is 6.08 Å². The lowest BCUT2D eigenvalue weighted by Crippen LogP contribution is -2.50. The first-order chi connectivity index (χ1) is 9.00. The zero-order chi connectivity index (χ0) is 13.4. The number of aliphatic carboxylic acids is 1. The molecule has 3 saturated heterocycles. The van der Waals surface area contributed by atoms with Crippen molar-refractivity contribution in [2.75, 3.05) is 13.2 Å². The quantitative estimate of drug-likeness (QED) is 0.547. The SMILES string of the molecule is C[C@@]12C=C[C@@]3(O1)[C@H](C(=O)N1CCCO[C@@H]13)[C@H]2C(=O)[O-]. The van der Waals surface area contributed by atoms with Crippen LogP contribution in [0.3, 0.4) is 0 Å². The highest BCUT2D eigenvalue weighted by molar-refractivity contribution is 5.91. The van der Waals surface area contributed by atoms with Crippen LogP contribution in [0.15, 0.2) is 12.2 Å². The van der Waals surface area contributed by atoms with Gasteiger partial charge >= 0.3 is 0 Å². The average Bonchev–Trinajstić information content (AvgIpc) is 2.94. The fraction of sp³-hybridized carbons (Fsp3) is 0.692. The number of amides is 1. The molecule has 0 aromatic rings. The maximum atomic E-state index is 12.5. The lowest BCUT2D eigenvalue weighted by Gasteiger charge is -2.36. The van der Waals surface area contributed by atoms with E-state index in [1.54, 1.807) is 17.9 Å². The van der Waals surface area contributed by atoms with Crippen molar-refractivity contribution in [2.45, 2.75) is 30.8 Å². The van der Waals surface area contributed by atoms with Crippen LogP contribution in [0, 0.1) is 11.8 Å². The van der Waals surface area contributed by atoms with Gasteiger partial charge in [0.2, 0.25) is 5.91 Å². The molecular formula is C13H14NO5-. The van der Waals surface area contributed by atoms with Crippen LogP contribution in [0.1, 0.15) is 13.3 Å². The van der Waals surface area contributed by atoms with E-state index < -0.39 is 35.2 Å². The number of carbonyl (C=O) groups is 2. The molecule has 6 nitrogen and oxygen atoms in total. The van der Waals surface area contributed by atoms with Gasteiger partial charge in [0.1, 0.15) is 5.60 Å². The summed E-state index contributed by atoms with van der Waals surface area (Å²) in [6.45, 7) is 2.85. The van der Waals surface area contributed by atoms with Crippen molar-refractivity contribution in [1.82, 2.24) is 4.90 Å². The Bertz CT molecular complexity index is 517. The van der Waals surface area contributed by atoms with Crippen LogP contribution in [0.5, 0.6) is 0 Å². The molecule has 0 saturated carbocycles. The second-order valence-electron chi connectivity index (χ2n) is 5.86. The molecule has 4 aliphatic rings. The fourth-order valence-corrected chi connectivity index (χ4v) is 4.08. The Kier molecular flexibility index (Phi) is 1.92. The Morgan fingerprint density at radius 1 is 1.53 bits per heavy atom. The minimum Gasteiger partial charge on any atom is -0.550 e. The van der Waals surface area contributed by atoms with E-state index in [-0.39, 0.29) is 5.91 Å². The molecule has 2 bridgehead atoms. The summed E-state index contributed by atoms with van der Waals surface area (Å²) in [7, 11) is 0. The van der Waals surface area contributed by atoms with Crippen LogP contribution in [0.2, 0.25) is 0 Å². The number of hydrogen-bond acceptors (Lipinski definition) is 5. The first-order valence-electron chi connectivity index (χ1n) is 6.53. The Morgan fingerprint density at radius 3 is 3.05 bits per heavy atom. The second kappa shape index (κ2) is 3.19. The third kappa shape index (κ3) is 1.10. The zero-order valence-electron chi connectivity index (χ0n) is 10.5. The predicted molar refractivity (Wildman–Crippen MR) is 59.4 cm³/mol. The molecule has 0 aliphatic carbocycles. The lowest BCUT2D eigenvalue weighted by molar-refractivity contribution is -0.315. The highest BCUT2D eigenvalue weighted by Gasteiger charge is 2.74. The summed E-state index contributed by atoms with van der Waals surface area (Å²) in [4.78, 5) is 25.6. The summed E-state index contributed by atoms with van der Waals surface area (Å²) in [6.07, 6.45) is 3.81. The van der Waals surface area contributed by atoms with Crippen LogP contribution in [0.25, 0.3) is 0 Å². The normalized spacial score (nSPS) is 50.5. The standard InChI is InChI=1S/C13H15NO5/c1-12-3-4-13(19-12)7(8(12)10(16)17)9(15)14-5-2-6-18-11(13)14/h3-4,7-8,11H,2,5-6H2,1H3,(H,16,17)/p-1/t7-,8-,11+,12-,13+/m0/s1. The summed E-state index contributed by atoms with van der Waals surface area (Å²) < 4.78 is 11.7. The summed E-state index contributed by atoms with van der Waals surface area (Å²) >= 11 is 0. The number of nitrogens with zero attached hydrogens (tertiary/aromatic N) is 1. The van der Waals surface area contributed by atoms with Crippen LogP contribution in [0.4, 0.5) is 0 Å². The number of fused-ring (bicyclic) bond motifs is 2. The Balaban J connectivity index is 1.86. The summed E-state index contributed by atoms with van der Waals surface area (Å²) in [6, 6.07) is 0. The van der Waals surface area contributed by atoms with Crippen LogP contribution in [-0.4, -0.2) is 47.4 Å². The van der Waals surface area contributed by atoms with E-state index in [4.69, 9.17) is 9.47 Å². The van der Waals surface area contributed by atoms with Gasteiger partial charge in [0, 0.05) is 18.4 Å². The molecule has 0 radical (unpaired) electrons. The maximum Gasteiger partial charge on any atom is 0.232 e. The van der Waals surface area contributed by atoms with Crippen molar-refractivity contribution in [2.24, 2.45) is 11.8 Å². The summed E-state index contributed by atoms with van der Waals surface area (Å²) in [5.74, 6) is -3.09. The van der Waals surface area contributed by atoms with Crippen LogP contribution < -0.4 is 5.11 Å². The lowest BCUT2D eigenvalue weighted by atomic mass is 9.72. The minimum atomic E-state index is -1.23. The monoisotopic (exact) mass is 264 g/mol. The van der Waals surface area contributed by atoms with E-state index >= 15 is 0 Å². The molecule has 4 aliphatic heterocycles. The molecule has 1 amide bonds. The van der Waals surface area contributed by atoms with Gasteiger partial charge in [-0.15, -0.1) is 0 Å². The Morgan fingerprint density at radius 2 is 2.32 bits per heavy atom. The van der Waals surface area contributed by atoms with Gasteiger partial charge in [0.15, 0.2) is 6.23 Å². The van der Waals surface area contributed by atoms with Crippen LogP contribution in [-0.2, 0) is 19.1 Å². The molecule has 4 heterocycles. The molecule has 0 aromatic heterocycles. The van der Waals surface area contributed by atoms with Crippen molar-refractivity contribution < 1.29 is 24.2 Å². The largest absolute Gasteiger partial charge is 0.550 e. The van der Waals surface area contributed by atoms with Gasteiger partial charge in [0.25, 0.3) is 0 Å². The summed E-state index contributed by atoms with van der Waals surface area (Å²) in [5, 5.41) is 11.5. The average molecular weight is 264 g/mol. The highest BCUT2D eigenvalue weighted by atomic mass is 16.6. The van der Waals surface area contributed by atoms with E-state index in [0.717, 1.165) is 6.42 Å². The molecular weight excluding hydrogens is 250 g/mol. The zero-order valence-corrected chi connectivity index (χ0v) is 10.5. The number of rotatable bonds is 1. The number of ether oxygens (including phenoxy) is 2. The van der Waals surface area contributed by atoms with Gasteiger partial charge in [-0.2, -0.15) is 0 Å². The van der Waals surface area contributed by atoms with E-state index in [0.29, 0.717) is 13.2 Å². The molecule has 19 heavy (non-hydrogen) atoms. The first-order valence-corrected chi connectivity index (χ1v) is 6.53. The first kappa shape index (κ1) is 11.4. The van der Waals surface area contributed by atoms with E-state index in [1.165, 1.54) is 0 Å². The number of carboxylic acid groups (broad SMARTS) is 1. The minimum absolute atomic E-state index is 0.188. The van der Waals surface area contributed by atoms with E-state index in [9.17, 15) is 14.7 Å². The number of carboxylic acids is 1. The van der Waals surface area contributed by atoms with E-state index in [1.807, 2.05) is 6.08 Å². The van der Waals surface area contributed by atoms with Gasteiger partial charge in [-0.3, -0.25) is 4.79 Å². The van der Waals surface area contributed by atoms with Crippen molar-refractivity contribution >= 4 is 11.9 Å². The number of carbonyl (C=O) groups excluding carboxylic acids is 2. The van der Waals surface area contributed by atoms with Crippen LogP contribution >= 0.6 is 0 Å². The van der Waals surface area contributed by atoms with Crippen molar-refractivity contribution in [3.63, 3.8) is 0 Å². The molecule has 0 aromatic carbocycles. The third-order valence-electron chi connectivity index (χ3n) is 4.80. The smallest absolute Gasteiger partial charge is 0.232 e. The fourth-order valence-electron chi connectivity index (χ4n) is 4.08. The molecule has 0 unspecified atom stereocenters. The Labute approximate surface area is 110 Å². The van der Waals surface area contributed by atoms with Crippen molar-refractivity contribution in [1.29, 1.82) is 0 Å². The Hall–Kier alpha value is -1.40. The van der Waals surface area contributed by atoms with Crippen molar-refractivity contribution in [3.05, 3.63) is 12.2 Å². The number of hydrogen-bond donors (Lipinski definition) is 0. The van der Waals surface area contributed by atoms with Gasteiger partial charge in [-0.25, -0.2) is 0 Å². The molecule has 3 fully saturated rings. The predicted octanol–water partition coefficient (Wildman–Crippen LogP) is -1.35. The molecule has 5 atom stereocenters. The van der Waals surface area contributed by atoms with Gasteiger partial charge in [0.05, 0.1) is 18.1 Å². The molecule has 6 heteroatoms. The molecule has 102 valence electrons. The maximum absolute atomic E-state index is 12.5. The second-order valence-corrected chi connectivity index (χ2v) is 5.86. The van der Waals surface area contributed by atoms with E-state index in [2.05, 4.69) is 0 Å². The van der Waals surface area contributed by atoms with Gasteiger partial charge < -0.3 is 24.3 Å². The highest BCUT2D eigenvalue weighted by Crippen LogP contribution is 2.59. The third-order valence-corrected chi connectivity index (χ3v) is 4.80.